The Morgan fingerprint density at radius 1 is 1.20 bits per heavy atom. The summed E-state index contributed by atoms with van der Waals surface area (Å²) in [7, 11) is 1.65. The zero-order valence-electron chi connectivity index (χ0n) is 13.1. The Bertz CT molecular complexity index is 890. The van der Waals surface area contributed by atoms with E-state index < -0.39 is 5.91 Å². The van der Waals surface area contributed by atoms with Crippen LogP contribution in [0.1, 0.15) is 16.2 Å². The maximum atomic E-state index is 12.4. The van der Waals surface area contributed by atoms with Crippen molar-refractivity contribution in [3.8, 4) is 17.1 Å². The lowest BCUT2D eigenvalue weighted by Gasteiger charge is -2.14. The van der Waals surface area contributed by atoms with Gasteiger partial charge in [-0.1, -0.05) is 58.7 Å². The molecule has 0 aliphatic heterocycles. The number of halogens is 2. The Morgan fingerprint density at radius 3 is 2.48 bits per heavy atom. The van der Waals surface area contributed by atoms with Gasteiger partial charge < -0.3 is 14.5 Å². The Kier molecular flexibility index (Phi) is 4.92. The molecular formula is C17H13Cl2N3O3. The number of phenols is 1. The number of hydrogen-bond donors (Lipinski definition) is 1. The SMILES string of the molecule is CN(Cc1ccccc1)C(=O)c1nc(-c2cc(Cl)c(O)c(Cl)c2)no1. The standard InChI is InChI=1S/C17H13Cl2N3O3/c1-22(9-10-5-3-2-4-6-10)17(24)16-20-15(21-25-16)11-7-12(18)14(23)13(19)8-11/h2-8,23H,9H2,1H3. The monoisotopic (exact) mass is 377 g/mol. The summed E-state index contributed by atoms with van der Waals surface area (Å²) in [5, 5.41) is 13.5. The Labute approximate surface area is 153 Å². The summed E-state index contributed by atoms with van der Waals surface area (Å²) in [4.78, 5) is 18.0. The molecule has 0 bridgehead atoms. The number of hydrogen-bond acceptors (Lipinski definition) is 5. The Balaban J connectivity index is 1.80. The van der Waals surface area contributed by atoms with E-state index in [0.717, 1.165) is 5.56 Å². The normalized spacial score (nSPS) is 10.7. The maximum Gasteiger partial charge on any atom is 0.316 e. The van der Waals surface area contributed by atoms with Crippen LogP contribution in [0, 0.1) is 0 Å². The van der Waals surface area contributed by atoms with Crippen molar-refractivity contribution in [1.29, 1.82) is 0 Å². The first-order valence-corrected chi connectivity index (χ1v) is 8.03. The molecule has 128 valence electrons. The van der Waals surface area contributed by atoms with Crippen molar-refractivity contribution in [3.63, 3.8) is 0 Å². The minimum atomic E-state index is -0.404. The van der Waals surface area contributed by atoms with Crippen LogP contribution < -0.4 is 0 Å². The van der Waals surface area contributed by atoms with Gasteiger partial charge in [-0.05, 0) is 17.7 Å². The third kappa shape index (κ3) is 3.75. The lowest BCUT2D eigenvalue weighted by atomic mass is 10.2. The fourth-order valence-electron chi connectivity index (χ4n) is 2.21. The van der Waals surface area contributed by atoms with Gasteiger partial charge in [0.1, 0.15) is 0 Å². The highest BCUT2D eigenvalue weighted by Gasteiger charge is 2.21. The Morgan fingerprint density at radius 2 is 1.84 bits per heavy atom. The molecule has 0 unspecified atom stereocenters. The highest BCUT2D eigenvalue weighted by molar-refractivity contribution is 6.37. The minimum absolute atomic E-state index is 0.0568. The highest BCUT2D eigenvalue weighted by atomic mass is 35.5. The lowest BCUT2D eigenvalue weighted by molar-refractivity contribution is 0.0735. The van der Waals surface area contributed by atoms with Crippen molar-refractivity contribution < 1.29 is 14.4 Å². The second-order valence-corrected chi connectivity index (χ2v) is 6.17. The fraction of sp³-hybridized carbons (Fsp3) is 0.118. The average molecular weight is 378 g/mol. The number of carbonyl (C=O) groups excluding carboxylic acids is 1. The van der Waals surface area contributed by atoms with E-state index >= 15 is 0 Å². The first kappa shape index (κ1) is 17.3. The fourth-order valence-corrected chi connectivity index (χ4v) is 2.70. The molecule has 0 fully saturated rings. The highest BCUT2D eigenvalue weighted by Crippen LogP contribution is 2.35. The summed E-state index contributed by atoms with van der Waals surface area (Å²) in [5.74, 6) is -0.623. The molecule has 0 saturated heterocycles. The van der Waals surface area contributed by atoms with Crippen LogP contribution in [0.3, 0.4) is 0 Å². The second-order valence-electron chi connectivity index (χ2n) is 5.36. The molecule has 1 aromatic heterocycles. The van der Waals surface area contributed by atoms with E-state index in [4.69, 9.17) is 27.7 Å². The van der Waals surface area contributed by atoms with Gasteiger partial charge in [-0.15, -0.1) is 0 Å². The first-order valence-electron chi connectivity index (χ1n) is 7.27. The number of benzene rings is 2. The quantitative estimate of drug-likeness (QED) is 0.742. The van der Waals surface area contributed by atoms with Crippen molar-refractivity contribution in [2.24, 2.45) is 0 Å². The van der Waals surface area contributed by atoms with Crippen molar-refractivity contribution in [3.05, 3.63) is 64.0 Å². The van der Waals surface area contributed by atoms with Gasteiger partial charge in [0.15, 0.2) is 5.75 Å². The van der Waals surface area contributed by atoms with Crippen molar-refractivity contribution >= 4 is 29.1 Å². The zero-order chi connectivity index (χ0) is 18.0. The largest absolute Gasteiger partial charge is 0.505 e. The molecule has 0 aliphatic carbocycles. The number of phenolic OH excluding ortho intramolecular Hbond substituents is 1. The zero-order valence-corrected chi connectivity index (χ0v) is 14.6. The summed E-state index contributed by atoms with van der Waals surface area (Å²) >= 11 is 11.8. The van der Waals surface area contributed by atoms with Gasteiger partial charge in [0.2, 0.25) is 5.82 Å². The van der Waals surface area contributed by atoms with Gasteiger partial charge in [0.25, 0.3) is 0 Å². The van der Waals surface area contributed by atoms with Crippen LogP contribution in [0.4, 0.5) is 0 Å². The molecule has 1 amide bonds. The van der Waals surface area contributed by atoms with Crippen LogP contribution in [0.2, 0.25) is 10.0 Å². The van der Waals surface area contributed by atoms with Gasteiger partial charge in [-0.2, -0.15) is 4.98 Å². The van der Waals surface area contributed by atoms with Crippen LogP contribution in [0.15, 0.2) is 47.0 Å². The predicted octanol–water partition coefficient (Wildman–Crippen LogP) is 4.02. The number of rotatable bonds is 4. The van der Waals surface area contributed by atoms with Gasteiger partial charge >= 0.3 is 11.8 Å². The summed E-state index contributed by atoms with van der Waals surface area (Å²) in [5.41, 5.74) is 1.41. The van der Waals surface area contributed by atoms with Crippen molar-refractivity contribution in [2.75, 3.05) is 7.05 Å². The van der Waals surface area contributed by atoms with E-state index in [2.05, 4.69) is 10.1 Å². The number of aromatic hydroxyl groups is 1. The number of carbonyl (C=O) groups is 1. The van der Waals surface area contributed by atoms with Gasteiger partial charge in [-0.3, -0.25) is 4.79 Å². The summed E-state index contributed by atoms with van der Waals surface area (Å²) in [6.07, 6.45) is 0. The third-order valence-corrected chi connectivity index (χ3v) is 4.07. The van der Waals surface area contributed by atoms with E-state index in [0.29, 0.717) is 12.1 Å². The van der Waals surface area contributed by atoms with E-state index in [1.54, 1.807) is 7.05 Å². The average Bonchev–Trinajstić information content (AvgIpc) is 3.09. The Hall–Kier alpha value is -2.57. The smallest absolute Gasteiger partial charge is 0.316 e. The molecule has 2 aromatic carbocycles. The molecule has 0 spiro atoms. The predicted molar refractivity (Wildman–Crippen MR) is 93.7 cm³/mol. The van der Waals surface area contributed by atoms with Gasteiger partial charge in [0, 0.05) is 19.2 Å². The van der Waals surface area contributed by atoms with E-state index in [-0.39, 0.29) is 27.5 Å². The molecule has 6 nitrogen and oxygen atoms in total. The molecular weight excluding hydrogens is 365 g/mol. The van der Waals surface area contributed by atoms with E-state index in [1.165, 1.54) is 17.0 Å². The number of aromatic nitrogens is 2. The molecule has 3 aromatic rings. The van der Waals surface area contributed by atoms with E-state index in [1.807, 2.05) is 30.3 Å². The summed E-state index contributed by atoms with van der Waals surface area (Å²) < 4.78 is 5.05. The van der Waals surface area contributed by atoms with Crippen LogP contribution in [-0.4, -0.2) is 33.1 Å². The lowest BCUT2D eigenvalue weighted by Crippen LogP contribution is -2.26. The van der Waals surface area contributed by atoms with Gasteiger partial charge in [-0.25, -0.2) is 0 Å². The molecule has 0 saturated carbocycles. The second kappa shape index (κ2) is 7.13. The van der Waals surface area contributed by atoms with Crippen LogP contribution in [-0.2, 0) is 6.54 Å². The molecule has 1 heterocycles. The molecule has 25 heavy (non-hydrogen) atoms. The van der Waals surface area contributed by atoms with Crippen molar-refractivity contribution in [2.45, 2.75) is 6.54 Å². The minimum Gasteiger partial charge on any atom is -0.505 e. The summed E-state index contributed by atoms with van der Waals surface area (Å²) in [6, 6.07) is 12.4. The molecule has 0 atom stereocenters. The first-order chi connectivity index (χ1) is 12.0. The van der Waals surface area contributed by atoms with Crippen molar-refractivity contribution in [1.82, 2.24) is 15.0 Å². The molecule has 1 N–H and O–H groups in total. The number of amides is 1. The maximum absolute atomic E-state index is 12.4. The molecule has 3 rings (SSSR count). The van der Waals surface area contributed by atoms with Crippen LogP contribution in [0.5, 0.6) is 5.75 Å². The third-order valence-electron chi connectivity index (χ3n) is 3.49. The van der Waals surface area contributed by atoms with Crippen LogP contribution >= 0.6 is 23.2 Å². The van der Waals surface area contributed by atoms with E-state index in [9.17, 15) is 9.90 Å². The van der Waals surface area contributed by atoms with Gasteiger partial charge in [0.05, 0.1) is 10.0 Å². The number of nitrogens with zero attached hydrogens (tertiary/aromatic N) is 3. The van der Waals surface area contributed by atoms with Crippen LogP contribution in [0.25, 0.3) is 11.4 Å². The topological polar surface area (TPSA) is 79.5 Å². The molecule has 8 heteroatoms. The molecule has 0 radical (unpaired) electrons. The summed E-state index contributed by atoms with van der Waals surface area (Å²) in [6.45, 7) is 0.411. The molecule has 0 aliphatic rings.